The Morgan fingerprint density at radius 2 is 1.67 bits per heavy atom. The highest BCUT2D eigenvalue weighted by molar-refractivity contribution is 6.31. The molecule has 0 radical (unpaired) electrons. The predicted octanol–water partition coefficient (Wildman–Crippen LogP) is 5.48. The van der Waals surface area contributed by atoms with Crippen molar-refractivity contribution in [2.75, 3.05) is 10.6 Å². The molecule has 24 heavy (non-hydrogen) atoms. The Hall–Kier alpha value is -2.67. The molecule has 1 aromatic heterocycles. The Balaban J connectivity index is 1.75. The van der Waals surface area contributed by atoms with Crippen molar-refractivity contribution in [3.8, 4) is 0 Å². The van der Waals surface area contributed by atoms with Crippen molar-refractivity contribution in [2.45, 2.75) is 6.18 Å². The number of rotatable bonds is 2. The van der Waals surface area contributed by atoms with Crippen LogP contribution in [0.25, 0.3) is 10.9 Å². The van der Waals surface area contributed by atoms with Gasteiger partial charge in [0.25, 0.3) is 0 Å². The van der Waals surface area contributed by atoms with Gasteiger partial charge in [-0.05, 0) is 41.8 Å². The van der Waals surface area contributed by atoms with E-state index in [9.17, 15) is 18.0 Å². The summed E-state index contributed by atoms with van der Waals surface area (Å²) in [5.41, 5.74) is 0.325. The predicted molar refractivity (Wildman–Crippen MR) is 87.4 cm³/mol. The second-order valence-electron chi connectivity index (χ2n) is 5.05. The van der Waals surface area contributed by atoms with E-state index in [1.165, 1.54) is 6.07 Å². The number of anilines is 2. The van der Waals surface area contributed by atoms with Crippen LogP contribution in [0.1, 0.15) is 5.56 Å². The molecule has 0 atom stereocenters. The number of hydrogen-bond acceptors (Lipinski definition) is 1. The minimum Gasteiger partial charge on any atom is -0.361 e. The molecule has 0 saturated carbocycles. The summed E-state index contributed by atoms with van der Waals surface area (Å²) in [6.07, 6.45) is -2.83. The van der Waals surface area contributed by atoms with Crippen LogP contribution in [0.5, 0.6) is 0 Å². The fraction of sp³-hybridized carbons (Fsp3) is 0.0625. The molecule has 0 aliphatic heterocycles. The standard InChI is InChI=1S/C16H11ClF3N3O/c17-13-4-3-10(7-12(13)16(18,19)20)22-15(24)23-11-2-1-9-5-6-21-14(9)8-11/h1-8,21H,(H2,22,23,24). The Bertz CT molecular complexity index is 905. The highest BCUT2D eigenvalue weighted by atomic mass is 35.5. The van der Waals surface area contributed by atoms with E-state index in [-0.39, 0.29) is 5.69 Å². The van der Waals surface area contributed by atoms with E-state index < -0.39 is 22.8 Å². The number of urea groups is 1. The van der Waals surface area contributed by atoms with E-state index in [0.29, 0.717) is 5.69 Å². The largest absolute Gasteiger partial charge is 0.417 e. The lowest BCUT2D eigenvalue weighted by molar-refractivity contribution is -0.137. The van der Waals surface area contributed by atoms with E-state index in [0.717, 1.165) is 23.0 Å². The SMILES string of the molecule is O=C(Nc1ccc(Cl)c(C(F)(F)F)c1)Nc1ccc2cc[nH]c2c1. The molecule has 8 heteroatoms. The molecule has 4 nitrogen and oxygen atoms in total. The second kappa shape index (κ2) is 6.09. The number of nitrogens with one attached hydrogen (secondary N) is 3. The molecule has 3 aromatic rings. The minimum absolute atomic E-state index is 0.00910. The van der Waals surface area contributed by atoms with Crippen molar-refractivity contribution in [2.24, 2.45) is 0 Å². The van der Waals surface area contributed by atoms with Crippen LogP contribution in [0.15, 0.2) is 48.7 Å². The van der Waals surface area contributed by atoms with Crippen LogP contribution in [0.2, 0.25) is 5.02 Å². The van der Waals surface area contributed by atoms with Gasteiger partial charge in [0.1, 0.15) is 0 Å². The Morgan fingerprint density at radius 1 is 1.00 bits per heavy atom. The molecule has 0 unspecified atom stereocenters. The quantitative estimate of drug-likeness (QED) is 0.561. The van der Waals surface area contributed by atoms with Gasteiger partial charge in [0, 0.05) is 23.1 Å². The Morgan fingerprint density at radius 3 is 2.38 bits per heavy atom. The van der Waals surface area contributed by atoms with Crippen LogP contribution in [0, 0.1) is 0 Å². The van der Waals surface area contributed by atoms with Crippen LogP contribution >= 0.6 is 11.6 Å². The van der Waals surface area contributed by atoms with E-state index in [1.807, 2.05) is 12.1 Å². The van der Waals surface area contributed by atoms with E-state index >= 15 is 0 Å². The number of halogens is 4. The fourth-order valence-electron chi connectivity index (χ4n) is 2.24. The number of H-pyrrole nitrogens is 1. The van der Waals surface area contributed by atoms with Gasteiger partial charge >= 0.3 is 12.2 Å². The second-order valence-corrected chi connectivity index (χ2v) is 5.46. The van der Waals surface area contributed by atoms with Crippen LogP contribution in [-0.4, -0.2) is 11.0 Å². The summed E-state index contributed by atoms with van der Waals surface area (Å²) in [4.78, 5) is 15.0. The fourth-order valence-corrected chi connectivity index (χ4v) is 2.46. The van der Waals surface area contributed by atoms with Gasteiger partial charge in [-0.1, -0.05) is 17.7 Å². The average Bonchev–Trinajstić information content (AvgIpc) is 2.95. The summed E-state index contributed by atoms with van der Waals surface area (Å²) in [7, 11) is 0. The topological polar surface area (TPSA) is 56.9 Å². The molecule has 2 amide bonds. The molecular formula is C16H11ClF3N3O. The van der Waals surface area contributed by atoms with Crippen LogP contribution in [-0.2, 0) is 6.18 Å². The first-order valence-corrected chi connectivity index (χ1v) is 7.22. The van der Waals surface area contributed by atoms with Crippen molar-refractivity contribution in [3.63, 3.8) is 0 Å². The third kappa shape index (κ3) is 3.46. The lowest BCUT2D eigenvalue weighted by Gasteiger charge is -2.12. The molecule has 0 aliphatic rings. The first kappa shape index (κ1) is 16.2. The van der Waals surface area contributed by atoms with Crippen LogP contribution in [0.3, 0.4) is 0 Å². The van der Waals surface area contributed by atoms with Gasteiger partial charge < -0.3 is 15.6 Å². The third-order valence-corrected chi connectivity index (χ3v) is 3.67. The van der Waals surface area contributed by atoms with E-state index in [1.54, 1.807) is 18.3 Å². The van der Waals surface area contributed by atoms with Crippen molar-refractivity contribution in [3.05, 3.63) is 59.2 Å². The molecule has 0 bridgehead atoms. The monoisotopic (exact) mass is 353 g/mol. The molecule has 0 spiro atoms. The number of hydrogen-bond donors (Lipinski definition) is 3. The molecule has 1 heterocycles. The lowest BCUT2D eigenvalue weighted by Crippen LogP contribution is -2.19. The first-order valence-electron chi connectivity index (χ1n) is 6.85. The molecule has 3 rings (SSSR count). The summed E-state index contributed by atoms with van der Waals surface area (Å²) < 4.78 is 38.4. The Labute approximate surface area is 139 Å². The summed E-state index contributed by atoms with van der Waals surface area (Å²) in [6.45, 7) is 0. The molecule has 124 valence electrons. The van der Waals surface area contributed by atoms with Crippen molar-refractivity contribution in [1.29, 1.82) is 0 Å². The molecule has 2 aromatic carbocycles. The van der Waals surface area contributed by atoms with Gasteiger partial charge in [0.2, 0.25) is 0 Å². The first-order chi connectivity index (χ1) is 11.3. The van der Waals surface area contributed by atoms with Gasteiger partial charge in [0.05, 0.1) is 10.6 Å². The van der Waals surface area contributed by atoms with Crippen molar-refractivity contribution in [1.82, 2.24) is 4.98 Å². The number of benzene rings is 2. The summed E-state index contributed by atoms with van der Waals surface area (Å²) in [5.74, 6) is 0. The van der Waals surface area contributed by atoms with E-state index in [2.05, 4.69) is 15.6 Å². The molecular weight excluding hydrogens is 343 g/mol. The highest BCUT2D eigenvalue weighted by Crippen LogP contribution is 2.36. The maximum absolute atomic E-state index is 12.8. The number of alkyl halides is 3. The summed E-state index contributed by atoms with van der Waals surface area (Å²) in [6, 6.07) is 9.62. The molecule has 0 aliphatic carbocycles. The minimum atomic E-state index is -4.59. The zero-order chi connectivity index (χ0) is 17.3. The smallest absolute Gasteiger partial charge is 0.361 e. The number of carbonyl (C=O) groups excluding carboxylic acids is 1. The van der Waals surface area contributed by atoms with Gasteiger partial charge in [-0.25, -0.2) is 4.79 Å². The van der Waals surface area contributed by atoms with Crippen molar-refractivity contribution >= 4 is 39.9 Å². The third-order valence-electron chi connectivity index (χ3n) is 3.34. The van der Waals surface area contributed by atoms with Crippen LogP contribution in [0.4, 0.5) is 29.3 Å². The average molecular weight is 354 g/mol. The zero-order valence-electron chi connectivity index (χ0n) is 12.0. The van der Waals surface area contributed by atoms with Crippen molar-refractivity contribution < 1.29 is 18.0 Å². The number of aromatic amines is 1. The number of aromatic nitrogens is 1. The van der Waals surface area contributed by atoms with Gasteiger partial charge in [-0.2, -0.15) is 13.2 Å². The summed E-state index contributed by atoms with van der Waals surface area (Å²) in [5, 5.41) is 5.47. The molecule has 0 fully saturated rings. The molecule has 3 N–H and O–H groups in total. The van der Waals surface area contributed by atoms with Gasteiger partial charge in [-0.15, -0.1) is 0 Å². The number of amides is 2. The van der Waals surface area contributed by atoms with Gasteiger partial charge in [0.15, 0.2) is 0 Å². The summed E-state index contributed by atoms with van der Waals surface area (Å²) >= 11 is 5.54. The highest BCUT2D eigenvalue weighted by Gasteiger charge is 2.33. The van der Waals surface area contributed by atoms with E-state index in [4.69, 9.17) is 11.6 Å². The lowest BCUT2D eigenvalue weighted by atomic mass is 10.2. The zero-order valence-corrected chi connectivity index (χ0v) is 12.8. The van der Waals surface area contributed by atoms with Crippen LogP contribution < -0.4 is 10.6 Å². The Kier molecular flexibility index (Phi) is 4.11. The van der Waals surface area contributed by atoms with Gasteiger partial charge in [-0.3, -0.25) is 0 Å². The normalized spacial score (nSPS) is 11.5. The maximum Gasteiger partial charge on any atom is 0.417 e. The maximum atomic E-state index is 12.8. The number of carbonyl (C=O) groups is 1. The molecule has 0 saturated heterocycles. The number of fused-ring (bicyclic) bond motifs is 1.